The van der Waals surface area contributed by atoms with Crippen LogP contribution in [0.3, 0.4) is 0 Å². The summed E-state index contributed by atoms with van der Waals surface area (Å²) in [6, 6.07) is 7.07. The van der Waals surface area contributed by atoms with E-state index in [-0.39, 0.29) is 23.5 Å². The Hall–Kier alpha value is -2.35. The Morgan fingerprint density at radius 3 is 2.63 bits per heavy atom. The highest BCUT2D eigenvalue weighted by molar-refractivity contribution is 7.91. The van der Waals surface area contributed by atoms with Crippen LogP contribution in [0.1, 0.15) is 47.1 Å². The molecule has 0 unspecified atom stereocenters. The molecule has 2 heterocycles. The zero-order chi connectivity index (χ0) is 19.0. The average molecular weight is 390 g/mol. The summed E-state index contributed by atoms with van der Waals surface area (Å²) in [6.45, 7) is 0. The highest BCUT2D eigenvalue weighted by Crippen LogP contribution is 2.26. The summed E-state index contributed by atoms with van der Waals surface area (Å²) in [7, 11) is -1.39. The van der Waals surface area contributed by atoms with Crippen LogP contribution in [0.15, 0.2) is 24.3 Å². The monoisotopic (exact) mass is 390 g/mol. The lowest BCUT2D eigenvalue weighted by Crippen LogP contribution is -2.46. The fraction of sp³-hybridized carbons (Fsp3) is 0.474. The van der Waals surface area contributed by atoms with Gasteiger partial charge in [-0.05, 0) is 43.5 Å². The fourth-order valence-corrected chi connectivity index (χ4v) is 5.73. The molecule has 1 saturated heterocycles. The third-order valence-electron chi connectivity index (χ3n) is 5.41. The Morgan fingerprint density at radius 1 is 1.22 bits per heavy atom. The number of methoxy groups -OCH3 is 1. The molecular weight excluding hydrogens is 366 g/mol. The Bertz CT molecular complexity index is 964. The lowest BCUT2D eigenvalue weighted by molar-refractivity contribution is -0.775. The number of rotatable bonds is 4. The van der Waals surface area contributed by atoms with Crippen molar-refractivity contribution < 1.29 is 22.6 Å². The number of ether oxygens (including phenoxy) is 1. The van der Waals surface area contributed by atoms with E-state index in [1.807, 2.05) is 4.68 Å². The van der Waals surface area contributed by atoms with Gasteiger partial charge in [0.25, 0.3) is 5.91 Å². The number of fused-ring (bicyclic) bond motifs is 1. The Labute approximate surface area is 158 Å². The normalized spacial score (nSPS) is 20.9. The first-order valence-corrected chi connectivity index (χ1v) is 11.1. The predicted octanol–water partition coefficient (Wildman–Crippen LogP) is 1.80. The molecule has 7 nitrogen and oxygen atoms in total. The Morgan fingerprint density at radius 2 is 1.96 bits per heavy atom. The summed E-state index contributed by atoms with van der Waals surface area (Å²) in [5, 5.41) is 6.15. The SMILES string of the molecule is COc1ccc(NC(=O)c2[nH][n+]([C@H]3CCS(=O)(=O)C3)c3c2CCCC3)cc1. The van der Waals surface area contributed by atoms with Gasteiger partial charge in [0.2, 0.25) is 5.69 Å². The maximum atomic E-state index is 12.9. The summed E-state index contributed by atoms with van der Waals surface area (Å²) < 4.78 is 30.9. The number of hydrogen-bond acceptors (Lipinski definition) is 4. The average Bonchev–Trinajstić information content (AvgIpc) is 3.22. The van der Waals surface area contributed by atoms with Crippen LogP contribution in [0.25, 0.3) is 0 Å². The molecule has 1 fully saturated rings. The van der Waals surface area contributed by atoms with Crippen LogP contribution in [0.5, 0.6) is 5.75 Å². The van der Waals surface area contributed by atoms with Gasteiger partial charge in [-0.25, -0.2) is 8.42 Å². The highest BCUT2D eigenvalue weighted by Gasteiger charge is 2.40. The van der Waals surface area contributed by atoms with E-state index < -0.39 is 9.84 Å². The van der Waals surface area contributed by atoms with Gasteiger partial charge in [0.05, 0.1) is 18.4 Å². The van der Waals surface area contributed by atoms with E-state index in [4.69, 9.17) is 4.74 Å². The third kappa shape index (κ3) is 3.58. The predicted molar refractivity (Wildman–Crippen MR) is 101 cm³/mol. The van der Waals surface area contributed by atoms with Crippen molar-refractivity contribution in [3.05, 3.63) is 41.2 Å². The van der Waals surface area contributed by atoms with Gasteiger partial charge in [-0.2, -0.15) is 5.10 Å². The molecule has 1 aliphatic heterocycles. The van der Waals surface area contributed by atoms with E-state index in [1.54, 1.807) is 31.4 Å². The van der Waals surface area contributed by atoms with Crippen LogP contribution in [0.2, 0.25) is 0 Å². The number of benzene rings is 1. The molecule has 1 amide bonds. The number of aromatic nitrogens is 2. The van der Waals surface area contributed by atoms with Crippen molar-refractivity contribution in [3.63, 3.8) is 0 Å². The largest absolute Gasteiger partial charge is 0.497 e. The van der Waals surface area contributed by atoms with Crippen molar-refractivity contribution in [2.75, 3.05) is 23.9 Å². The molecule has 27 heavy (non-hydrogen) atoms. The molecule has 4 rings (SSSR count). The zero-order valence-electron chi connectivity index (χ0n) is 15.3. The second kappa shape index (κ2) is 6.99. The molecule has 1 aliphatic carbocycles. The number of carbonyl (C=O) groups excluding carboxylic acids is 1. The fourth-order valence-electron chi connectivity index (χ4n) is 4.03. The molecule has 0 radical (unpaired) electrons. The van der Waals surface area contributed by atoms with Crippen LogP contribution in [0, 0.1) is 0 Å². The van der Waals surface area contributed by atoms with E-state index in [0.717, 1.165) is 42.7 Å². The number of H-pyrrole nitrogens is 1. The van der Waals surface area contributed by atoms with Crippen molar-refractivity contribution in [2.24, 2.45) is 0 Å². The van der Waals surface area contributed by atoms with Gasteiger partial charge >= 0.3 is 0 Å². The highest BCUT2D eigenvalue weighted by atomic mass is 32.2. The van der Waals surface area contributed by atoms with E-state index in [0.29, 0.717) is 17.8 Å². The first-order valence-electron chi connectivity index (χ1n) is 9.28. The first-order chi connectivity index (χ1) is 13.0. The minimum atomic E-state index is -2.99. The van der Waals surface area contributed by atoms with Gasteiger partial charge in [-0.3, -0.25) is 4.79 Å². The van der Waals surface area contributed by atoms with Crippen molar-refractivity contribution in [1.82, 2.24) is 5.10 Å². The van der Waals surface area contributed by atoms with E-state index in [9.17, 15) is 13.2 Å². The number of hydrogen-bond donors (Lipinski definition) is 2. The molecular formula is C19H24N3O4S+. The Kier molecular flexibility index (Phi) is 4.67. The summed E-state index contributed by atoms with van der Waals surface area (Å²) in [5.74, 6) is 0.888. The molecule has 144 valence electrons. The lowest BCUT2D eigenvalue weighted by atomic mass is 9.95. The van der Waals surface area contributed by atoms with E-state index in [2.05, 4.69) is 10.4 Å². The molecule has 0 saturated carbocycles. The van der Waals surface area contributed by atoms with Crippen LogP contribution in [0.4, 0.5) is 5.69 Å². The van der Waals surface area contributed by atoms with Crippen LogP contribution >= 0.6 is 0 Å². The Balaban J connectivity index is 1.63. The topological polar surface area (TPSA) is 92.1 Å². The smallest absolute Gasteiger partial charge is 0.278 e. The van der Waals surface area contributed by atoms with Crippen LogP contribution < -0.4 is 14.7 Å². The quantitative estimate of drug-likeness (QED) is 0.779. The van der Waals surface area contributed by atoms with Gasteiger partial charge < -0.3 is 10.1 Å². The summed E-state index contributed by atoms with van der Waals surface area (Å²) in [6.07, 6.45) is 4.40. The first kappa shape index (κ1) is 18.0. The molecule has 1 atom stereocenters. The number of amides is 1. The molecule has 8 heteroatoms. The minimum Gasteiger partial charge on any atom is -0.497 e. The van der Waals surface area contributed by atoms with Crippen molar-refractivity contribution in [3.8, 4) is 5.75 Å². The zero-order valence-corrected chi connectivity index (χ0v) is 16.1. The summed E-state index contributed by atoms with van der Waals surface area (Å²) >= 11 is 0. The number of nitrogens with zero attached hydrogens (tertiary/aromatic N) is 1. The third-order valence-corrected chi connectivity index (χ3v) is 7.16. The van der Waals surface area contributed by atoms with Gasteiger partial charge in [0.1, 0.15) is 11.5 Å². The molecule has 2 aromatic rings. The minimum absolute atomic E-state index is 0.107. The van der Waals surface area contributed by atoms with Gasteiger partial charge in [0.15, 0.2) is 21.6 Å². The number of anilines is 1. The molecule has 2 aliphatic rings. The summed E-state index contributed by atoms with van der Waals surface area (Å²) in [5.41, 5.74) is 3.35. The van der Waals surface area contributed by atoms with Crippen molar-refractivity contribution in [2.45, 2.75) is 38.1 Å². The van der Waals surface area contributed by atoms with Crippen LogP contribution in [-0.2, 0) is 22.7 Å². The van der Waals surface area contributed by atoms with Gasteiger partial charge in [-0.15, -0.1) is 4.68 Å². The standard InChI is InChI=1S/C19H23N3O4S/c1-26-15-8-6-13(7-9-15)20-19(23)18-16-4-2-3-5-17(16)22(21-18)14-10-11-27(24,25)12-14/h6-9,14H,2-5,10-12H2,1H3,(H,20,23)/p+1/t14-/m0/s1. The maximum absolute atomic E-state index is 12.9. The van der Waals surface area contributed by atoms with E-state index >= 15 is 0 Å². The number of aromatic amines is 1. The second-order valence-electron chi connectivity index (χ2n) is 7.23. The molecule has 0 spiro atoms. The van der Waals surface area contributed by atoms with Crippen molar-refractivity contribution >= 4 is 21.4 Å². The number of carbonyl (C=O) groups is 1. The molecule has 1 aromatic carbocycles. The molecule has 2 N–H and O–H groups in total. The number of nitrogens with one attached hydrogen (secondary N) is 2. The van der Waals surface area contributed by atoms with Crippen molar-refractivity contribution in [1.29, 1.82) is 0 Å². The van der Waals surface area contributed by atoms with Gasteiger partial charge in [0, 0.05) is 18.5 Å². The molecule has 1 aromatic heterocycles. The van der Waals surface area contributed by atoms with Crippen LogP contribution in [-0.4, -0.2) is 38.0 Å². The maximum Gasteiger partial charge on any atom is 0.278 e. The lowest BCUT2D eigenvalue weighted by Gasteiger charge is -2.10. The van der Waals surface area contributed by atoms with E-state index in [1.165, 1.54) is 0 Å². The van der Waals surface area contributed by atoms with Gasteiger partial charge in [-0.1, -0.05) is 0 Å². The molecule has 0 bridgehead atoms. The number of sulfone groups is 1. The second-order valence-corrected chi connectivity index (χ2v) is 9.46. The summed E-state index contributed by atoms with van der Waals surface area (Å²) in [4.78, 5) is 12.9.